The van der Waals surface area contributed by atoms with Crippen molar-refractivity contribution in [3.05, 3.63) is 36.0 Å². The van der Waals surface area contributed by atoms with E-state index in [0.29, 0.717) is 6.61 Å². The molecule has 1 unspecified atom stereocenters. The Morgan fingerprint density at radius 3 is 2.60 bits per heavy atom. The van der Waals surface area contributed by atoms with Crippen molar-refractivity contribution in [2.24, 2.45) is 0 Å². The van der Waals surface area contributed by atoms with Gasteiger partial charge in [0.05, 0.1) is 18.5 Å². The van der Waals surface area contributed by atoms with Crippen LogP contribution in [-0.4, -0.2) is 41.2 Å². The standard InChI is InChI=1S/C20H26N2O3/c1-3-25-19(23)13-15(2)18-14-16-9-5-6-10-17(16)22(18)20(24)21-11-7-4-8-12-21/h5-6,9-10,14-15H,3-4,7-8,11-13H2,1-2H3. The molecule has 1 saturated heterocycles. The quantitative estimate of drug-likeness (QED) is 0.784. The lowest BCUT2D eigenvalue weighted by Crippen LogP contribution is -2.39. The minimum Gasteiger partial charge on any atom is -0.466 e. The second-order valence-electron chi connectivity index (χ2n) is 6.70. The molecule has 0 saturated carbocycles. The molecule has 1 aromatic heterocycles. The van der Waals surface area contributed by atoms with Crippen molar-refractivity contribution in [1.82, 2.24) is 9.47 Å². The summed E-state index contributed by atoms with van der Waals surface area (Å²) in [7, 11) is 0. The smallest absolute Gasteiger partial charge is 0.328 e. The Morgan fingerprint density at radius 1 is 1.16 bits per heavy atom. The number of carbonyl (C=O) groups excluding carboxylic acids is 2. The molecule has 3 rings (SSSR count). The van der Waals surface area contributed by atoms with E-state index < -0.39 is 0 Å². The fourth-order valence-corrected chi connectivity index (χ4v) is 3.55. The van der Waals surface area contributed by atoms with E-state index in [1.165, 1.54) is 6.42 Å². The van der Waals surface area contributed by atoms with E-state index in [4.69, 9.17) is 4.74 Å². The molecule has 1 fully saturated rings. The highest BCUT2D eigenvalue weighted by atomic mass is 16.5. The molecule has 5 nitrogen and oxygen atoms in total. The SMILES string of the molecule is CCOC(=O)CC(C)c1cc2ccccc2n1C(=O)N1CCCCC1. The Balaban J connectivity index is 1.96. The number of fused-ring (bicyclic) bond motifs is 1. The van der Waals surface area contributed by atoms with E-state index in [0.717, 1.165) is 42.5 Å². The summed E-state index contributed by atoms with van der Waals surface area (Å²) in [4.78, 5) is 27.0. The lowest BCUT2D eigenvalue weighted by atomic mass is 10.0. The number of hydrogen-bond donors (Lipinski definition) is 0. The Hall–Kier alpha value is -2.30. The molecule has 1 atom stereocenters. The van der Waals surface area contributed by atoms with Gasteiger partial charge in [0.25, 0.3) is 0 Å². The molecule has 0 spiro atoms. The van der Waals surface area contributed by atoms with Gasteiger partial charge in [0, 0.05) is 30.1 Å². The second kappa shape index (κ2) is 7.72. The molecule has 2 heterocycles. The molecular formula is C20H26N2O3. The second-order valence-corrected chi connectivity index (χ2v) is 6.70. The van der Waals surface area contributed by atoms with E-state index in [2.05, 4.69) is 0 Å². The van der Waals surface area contributed by atoms with Crippen molar-refractivity contribution in [3.63, 3.8) is 0 Å². The number of esters is 1. The minimum absolute atomic E-state index is 0.0200. The van der Waals surface area contributed by atoms with Crippen LogP contribution in [0.25, 0.3) is 10.9 Å². The van der Waals surface area contributed by atoms with Gasteiger partial charge in [0.2, 0.25) is 0 Å². The summed E-state index contributed by atoms with van der Waals surface area (Å²) in [6.07, 6.45) is 3.57. The fraction of sp³-hybridized carbons (Fsp3) is 0.500. The topological polar surface area (TPSA) is 51.5 Å². The molecule has 0 N–H and O–H groups in total. The van der Waals surface area contributed by atoms with Crippen LogP contribution in [0.4, 0.5) is 4.79 Å². The van der Waals surface area contributed by atoms with Crippen LogP contribution >= 0.6 is 0 Å². The number of para-hydroxylation sites is 1. The summed E-state index contributed by atoms with van der Waals surface area (Å²) >= 11 is 0. The van der Waals surface area contributed by atoms with E-state index in [-0.39, 0.29) is 24.3 Å². The van der Waals surface area contributed by atoms with Crippen LogP contribution < -0.4 is 0 Å². The zero-order valence-electron chi connectivity index (χ0n) is 15.0. The number of carbonyl (C=O) groups is 2. The largest absolute Gasteiger partial charge is 0.466 e. The van der Waals surface area contributed by atoms with Crippen molar-refractivity contribution < 1.29 is 14.3 Å². The van der Waals surface area contributed by atoms with E-state index in [1.807, 2.05) is 42.2 Å². The van der Waals surface area contributed by atoms with Gasteiger partial charge in [-0.3, -0.25) is 9.36 Å². The molecule has 134 valence electrons. The van der Waals surface area contributed by atoms with Crippen molar-refractivity contribution in [2.75, 3.05) is 19.7 Å². The number of likely N-dealkylation sites (tertiary alicyclic amines) is 1. The van der Waals surface area contributed by atoms with Crippen molar-refractivity contribution >= 4 is 22.9 Å². The fourth-order valence-electron chi connectivity index (χ4n) is 3.55. The van der Waals surface area contributed by atoms with Gasteiger partial charge in [-0.15, -0.1) is 0 Å². The first kappa shape index (κ1) is 17.5. The Morgan fingerprint density at radius 2 is 1.88 bits per heavy atom. The van der Waals surface area contributed by atoms with Crippen LogP contribution in [-0.2, 0) is 9.53 Å². The zero-order chi connectivity index (χ0) is 17.8. The van der Waals surface area contributed by atoms with Gasteiger partial charge in [-0.25, -0.2) is 4.79 Å². The molecule has 0 bridgehead atoms. The first-order valence-corrected chi connectivity index (χ1v) is 9.17. The van der Waals surface area contributed by atoms with Crippen LogP contribution in [0.1, 0.15) is 51.1 Å². The van der Waals surface area contributed by atoms with Gasteiger partial charge in [0.1, 0.15) is 0 Å². The minimum atomic E-state index is -0.225. The maximum Gasteiger partial charge on any atom is 0.328 e. The highest BCUT2D eigenvalue weighted by Gasteiger charge is 2.25. The van der Waals surface area contributed by atoms with Crippen LogP contribution in [0.3, 0.4) is 0 Å². The van der Waals surface area contributed by atoms with Crippen LogP contribution in [0, 0.1) is 0 Å². The first-order valence-electron chi connectivity index (χ1n) is 9.17. The molecule has 25 heavy (non-hydrogen) atoms. The van der Waals surface area contributed by atoms with Crippen molar-refractivity contribution in [2.45, 2.75) is 45.4 Å². The highest BCUT2D eigenvalue weighted by Crippen LogP contribution is 2.29. The third kappa shape index (κ3) is 3.70. The summed E-state index contributed by atoms with van der Waals surface area (Å²) in [5.74, 6) is -0.308. The molecule has 1 aromatic carbocycles. The van der Waals surface area contributed by atoms with Crippen LogP contribution in [0.5, 0.6) is 0 Å². The van der Waals surface area contributed by atoms with Gasteiger partial charge in [-0.2, -0.15) is 0 Å². The molecule has 1 aliphatic rings. The lowest BCUT2D eigenvalue weighted by molar-refractivity contribution is -0.143. The molecule has 1 aliphatic heterocycles. The normalized spacial score (nSPS) is 16.0. The number of nitrogens with zero attached hydrogens (tertiary/aromatic N) is 2. The summed E-state index contributed by atoms with van der Waals surface area (Å²) < 4.78 is 6.88. The summed E-state index contributed by atoms with van der Waals surface area (Å²) in [6, 6.07) is 9.95. The summed E-state index contributed by atoms with van der Waals surface area (Å²) in [5, 5.41) is 1.03. The van der Waals surface area contributed by atoms with Gasteiger partial charge in [-0.05, 0) is 38.3 Å². The maximum atomic E-state index is 13.2. The Bertz CT molecular complexity index is 759. The molecule has 0 aliphatic carbocycles. The number of benzene rings is 1. The predicted molar refractivity (Wildman–Crippen MR) is 97.8 cm³/mol. The first-order chi connectivity index (χ1) is 12.1. The lowest BCUT2D eigenvalue weighted by Gasteiger charge is -2.28. The monoisotopic (exact) mass is 342 g/mol. The highest BCUT2D eigenvalue weighted by molar-refractivity contribution is 5.93. The van der Waals surface area contributed by atoms with Crippen molar-refractivity contribution in [3.8, 4) is 0 Å². The number of aromatic nitrogens is 1. The molecule has 1 amide bonds. The van der Waals surface area contributed by atoms with E-state index in [9.17, 15) is 9.59 Å². The number of amides is 1. The van der Waals surface area contributed by atoms with Crippen molar-refractivity contribution in [1.29, 1.82) is 0 Å². The average molecular weight is 342 g/mol. The average Bonchev–Trinajstić information content (AvgIpc) is 3.01. The van der Waals surface area contributed by atoms with Crippen LogP contribution in [0.15, 0.2) is 30.3 Å². The van der Waals surface area contributed by atoms with Gasteiger partial charge >= 0.3 is 12.0 Å². The summed E-state index contributed by atoms with van der Waals surface area (Å²) in [5.41, 5.74) is 1.79. The third-order valence-electron chi connectivity index (χ3n) is 4.84. The Labute approximate surface area is 148 Å². The number of rotatable bonds is 4. The number of ether oxygens (including phenoxy) is 1. The van der Waals surface area contributed by atoms with E-state index >= 15 is 0 Å². The van der Waals surface area contributed by atoms with E-state index in [1.54, 1.807) is 11.5 Å². The predicted octanol–water partition coefficient (Wildman–Crippen LogP) is 4.15. The number of hydrogen-bond acceptors (Lipinski definition) is 3. The number of piperidine rings is 1. The van der Waals surface area contributed by atoms with Gasteiger partial charge < -0.3 is 9.64 Å². The van der Waals surface area contributed by atoms with Gasteiger partial charge in [-0.1, -0.05) is 25.1 Å². The zero-order valence-corrected chi connectivity index (χ0v) is 15.0. The summed E-state index contributed by atoms with van der Waals surface area (Å²) in [6.45, 7) is 5.76. The van der Waals surface area contributed by atoms with Gasteiger partial charge in [0.15, 0.2) is 0 Å². The molecule has 5 heteroatoms. The molecular weight excluding hydrogens is 316 g/mol. The molecule has 0 radical (unpaired) electrons. The molecule has 2 aromatic rings. The van der Waals surface area contributed by atoms with Crippen LogP contribution in [0.2, 0.25) is 0 Å². The Kier molecular flexibility index (Phi) is 5.41. The maximum absolute atomic E-state index is 13.2. The third-order valence-corrected chi connectivity index (χ3v) is 4.84.